The van der Waals surface area contributed by atoms with Crippen LogP contribution >= 0.6 is 0 Å². The minimum absolute atomic E-state index is 0.375. The third-order valence-electron chi connectivity index (χ3n) is 6.85. The maximum atomic E-state index is 12.4. The number of esters is 1. The third-order valence-corrected chi connectivity index (χ3v) is 6.85. The fourth-order valence-electron chi connectivity index (χ4n) is 4.95. The molecule has 1 aliphatic rings. The van der Waals surface area contributed by atoms with Crippen LogP contribution in [0.5, 0.6) is 17.2 Å². The second kappa shape index (κ2) is 14.7. The van der Waals surface area contributed by atoms with E-state index in [9.17, 15) is 4.79 Å². The molecule has 0 aliphatic heterocycles. The molecule has 0 radical (unpaired) electrons. The Bertz CT molecular complexity index is 826. The zero-order valence-electron chi connectivity index (χ0n) is 21.1. The number of carbonyl (C=O) groups is 1. The van der Waals surface area contributed by atoms with Crippen LogP contribution in [0, 0.1) is 11.8 Å². The number of carbonyl (C=O) groups excluding carboxylic acids is 1. The van der Waals surface area contributed by atoms with Crippen molar-refractivity contribution >= 4 is 5.97 Å². The van der Waals surface area contributed by atoms with Gasteiger partial charge in [0.05, 0.1) is 18.8 Å². The SMILES string of the molecule is CCCCCOc1ccc(C(=O)Oc2ccc(OCCCC3CCCCC3CCC)cc2)cc1. The molecule has 2 atom stereocenters. The van der Waals surface area contributed by atoms with E-state index in [1.165, 1.54) is 51.4 Å². The van der Waals surface area contributed by atoms with Gasteiger partial charge in [0.1, 0.15) is 17.2 Å². The number of hydrogen-bond acceptors (Lipinski definition) is 4. The van der Waals surface area contributed by atoms with E-state index >= 15 is 0 Å². The van der Waals surface area contributed by atoms with Crippen molar-refractivity contribution in [3.63, 3.8) is 0 Å². The van der Waals surface area contributed by atoms with Crippen molar-refractivity contribution in [2.45, 2.75) is 84.5 Å². The van der Waals surface area contributed by atoms with E-state index in [0.29, 0.717) is 17.9 Å². The van der Waals surface area contributed by atoms with Gasteiger partial charge in [0.15, 0.2) is 0 Å². The fourth-order valence-corrected chi connectivity index (χ4v) is 4.95. The topological polar surface area (TPSA) is 44.8 Å². The molecule has 0 bridgehead atoms. The summed E-state index contributed by atoms with van der Waals surface area (Å²) in [5.74, 6) is 3.53. The van der Waals surface area contributed by atoms with Crippen LogP contribution in [-0.4, -0.2) is 19.2 Å². The van der Waals surface area contributed by atoms with Gasteiger partial charge in [-0.15, -0.1) is 0 Å². The molecule has 0 spiro atoms. The van der Waals surface area contributed by atoms with Gasteiger partial charge in [0.2, 0.25) is 0 Å². The van der Waals surface area contributed by atoms with Crippen molar-refractivity contribution in [2.24, 2.45) is 11.8 Å². The summed E-state index contributed by atoms with van der Waals surface area (Å²) in [7, 11) is 0. The van der Waals surface area contributed by atoms with Gasteiger partial charge in [0.25, 0.3) is 0 Å². The van der Waals surface area contributed by atoms with Crippen LogP contribution in [-0.2, 0) is 0 Å². The largest absolute Gasteiger partial charge is 0.494 e. The minimum atomic E-state index is -0.375. The van der Waals surface area contributed by atoms with Crippen molar-refractivity contribution < 1.29 is 19.0 Å². The lowest BCUT2D eigenvalue weighted by molar-refractivity contribution is 0.0734. The minimum Gasteiger partial charge on any atom is -0.494 e. The highest BCUT2D eigenvalue weighted by molar-refractivity contribution is 5.91. The van der Waals surface area contributed by atoms with Gasteiger partial charge >= 0.3 is 5.97 Å². The van der Waals surface area contributed by atoms with Gasteiger partial charge in [-0.05, 0) is 79.6 Å². The first-order valence-electron chi connectivity index (χ1n) is 13.4. The summed E-state index contributed by atoms with van der Waals surface area (Å²) in [6.45, 7) is 5.91. The number of rotatable bonds is 14. The van der Waals surface area contributed by atoms with Crippen molar-refractivity contribution in [1.82, 2.24) is 0 Å². The quantitative estimate of drug-likeness (QED) is 0.160. The van der Waals surface area contributed by atoms with Crippen molar-refractivity contribution in [2.75, 3.05) is 13.2 Å². The van der Waals surface area contributed by atoms with Gasteiger partial charge in [-0.1, -0.05) is 65.2 Å². The Morgan fingerprint density at radius 2 is 1.26 bits per heavy atom. The van der Waals surface area contributed by atoms with Gasteiger partial charge in [-0.3, -0.25) is 0 Å². The number of ether oxygens (including phenoxy) is 3. The molecule has 1 aliphatic carbocycles. The lowest BCUT2D eigenvalue weighted by Crippen LogP contribution is -2.20. The van der Waals surface area contributed by atoms with Crippen molar-refractivity contribution in [3.05, 3.63) is 54.1 Å². The number of unbranched alkanes of at least 4 members (excludes halogenated alkanes) is 2. The standard InChI is InChI=1S/C30H42O4/c1-3-5-8-22-32-27-16-14-26(15-17-27)30(31)34-29-20-18-28(19-21-29)33-23-9-13-25-12-7-6-11-24(25)10-4-2/h14-21,24-25H,3-13,22-23H2,1-2H3. The van der Waals surface area contributed by atoms with Crippen LogP contribution in [0.1, 0.15) is 94.8 Å². The Hall–Kier alpha value is -2.49. The van der Waals surface area contributed by atoms with Crippen molar-refractivity contribution in [1.29, 1.82) is 0 Å². The molecular formula is C30H42O4. The molecule has 4 nitrogen and oxygen atoms in total. The third kappa shape index (κ3) is 8.70. The monoisotopic (exact) mass is 466 g/mol. The highest BCUT2D eigenvalue weighted by Crippen LogP contribution is 2.36. The molecule has 0 heterocycles. The average molecular weight is 467 g/mol. The Balaban J connectivity index is 1.38. The van der Waals surface area contributed by atoms with Crippen LogP contribution < -0.4 is 14.2 Å². The molecule has 0 N–H and O–H groups in total. The van der Waals surface area contributed by atoms with E-state index in [2.05, 4.69) is 13.8 Å². The van der Waals surface area contributed by atoms with E-state index in [1.54, 1.807) is 24.3 Å². The molecule has 0 amide bonds. The smallest absolute Gasteiger partial charge is 0.343 e. The molecule has 34 heavy (non-hydrogen) atoms. The second-order valence-corrected chi connectivity index (χ2v) is 9.52. The molecular weight excluding hydrogens is 424 g/mol. The van der Waals surface area contributed by atoms with E-state index in [1.807, 2.05) is 24.3 Å². The van der Waals surface area contributed by atoms with Gasteiger partial charge in [0, 0.05) is 0 Å². The zero-order valence-corrected chi connectivity index (χ0v) is 21.1. The molecule has 2 aromatic carbocycles. The lowest BCUT2D eigenvalue weighted by Gasteiger charge is -2.31. The maximum Gasteiger partial charge on any atom is 0.343 e. The lowest BCUT2D eigenvalue weighted by atomic mass is 9.75. The predicted molar refractivity (Wildman–Crippen MR) is 138 cm³/mol. The summed E-state index contributed by atoms with van der Waals surface area (Å²) in [5.41, 5.74) is 0.505. The summed E-state index contributed by atoms with van der Waals surface area (Å²) in [6, 6.07) is 14.4. The predicted octanol–water partition coefficient (Wildman–Crippen LogP) is 8.24. The molecule has 1 saturated carbocycles. The van der Waals surface area contributed by atoms with Gasteiger partial charge < -0.3 is 14.2 Å². The molecule has 186 valence electrons. The first kappa shape index (κ1) is 26.1. The fraction of sp³-hybridized carbons (Fsp3) is 0.567. The summed E-state index contributed by atoms with van der Waals surface area (Å²) in [4.78, 5) is 12.4. The van der Waals surface area contributed by atoms with Crippen LogP contribution in [0.3, 0.4) is 0 Å². The van der Waals surface area contributed by atoms with Crippen LogP contribution in [0.25, 0.3) is 0 Å². The maximum absolute atomic E-state index is 12.4. The Labute approximate surface area is 206 Å². The first-order valence-corrected chi connectivity index (χ1v) is 13.4. The van der Waals surface area contributed by atoms with Crippen molar-refractivity contribution in [3.8, 4) is 17.2 Å². The molecule has 2 unspecified atom stereocenters. The van der Waals surface area contributed by atoms with Crippen LogP contribution in [0.4, 0.5) is 0 Å². The van der Waals surface area contributed by atoms with Crippen LogP contribution in [0.15, 0.2) is 48.5 Å². The molecule has 0 aromatic heterocycles. The number of hydrogen-bond donors (Lipinski definition) is 0. The van der Waals surface area contributed by atoms with E-state index < -0.39 is 0 Å². The summed E-state index contributed by atoms with van der Waals surface area (Å²) in [6.07, 6.45) is 14.0. The summed E-state index contributed by atoms with van der Waals surface area (Å²) >= 11 is 0. The van der Waals surface area contributed by atoms with Gasteiger partial charge in [-0.25, -0.2) is 4.79 Å². The average Bonchev–Trinajstić information content (AvgIpc) is 2.87. The Kier molecular flexibility index (Phi) is 11.3. The first-order chi connectivity index (χ1) is 16.7. The molecule has 3 rings (SSSR count). The molecule has 0 saturated heterocycles. The second-order valence-electron chi connectivity index (χ2n) is 9.52. The van der Waals surface area contributed by atoms with E-state index in [0.717, 1.165) is 49.2 Å². The van der Waals surface area contributed by atoms with Crippen LogP contribution in [0.2, 0.25) is 0 Å². The number of benzene rings is 2. The molecule has 1 fully saturated rings. The van der Waals surface area contributed by atoms with Gasteiger partial charge in [-0.2, -0.15) is 0 Å². The summed E-state index contributed by atoms with van der Waals surface area (Å²) in [5, 5.41) is 0. The normalized spacial score (nSPS) is 17.8. The summed E-state index contributed by atoms with van der Waals surface area (Å²) < 4.78 is 17.2. The Morgan fingerprint density at radius 1 is 0.706 bits per heavy atom. The zero-order chi connectivity index (χ0) is 24.0. The Morgan fingerprint density at radius 3 is 1.88 bits per heavy atom. The highest BCUT2D eigenvalue weighted by atomic mass is 16.5. The molecule has 4 heteroatoms. The highest BCUT2D eigenvalue weighted by Gasteiger charge is 2.23. The van der Waals surface area contributed by atoms with E-state index in [-0.39, 0.29) is 5.97 Å². The molecule has 2 aromatic rings. The van der Waals surface area contributed by atoms with E-state index in [4.69, 9.17) is 14.2 Å².